The molecule has 3 aromatic carbocycles. The number of anilines is 1. The minimum atomic E-state index is -0.800. The van der Waals surface area contributed by atoms with Crippen LogP contribution in [0.2, 0.25) is 0 Å². The maximum absolute atomic E-state index is 12.4. The Morgan fingerprint density at radius 3 is 2.13 bits per heavy atom. The zero-order chi connectivity index (χ0) is 22.1. The summed E-state index contributed by atoms with van der Waals surface area (Å²) in [5.41, 5.74) is 3.08. The molecule has 0 saturated carbocycles. The molecule has 0 atom stereocenters. The number of ether oxygens (including phenoxy) is 1. The van der Waals surface area contributed by atoms with Crippen molar-refractivity contribution in [2.24, 2.45) is 0 Å². The van der Waals surface area contributed by atoms with E-state index in [9.17, 15) is 14.4 Å². The first-order valence-electron chi connectivity index (χ1n) is 9.68. The second-order valence-corrected chi connectivity index (χ2v) is 6.69. The van der Waals surface area contributed by atoms with Crippen LogP contribution in [0.5, 0.6) is 0 Å². The highest BCUT2D eigenvalue weighted by Crippen LogP contribution is 2.27. The van der Waals surface area contributed by atoms with Gasteiger partial charge in [-0.2, -0.15) is 0 Å². The zero-order valence-corrected chi connectivity index (χ0v) is 17.0. The maximum Gasteiger partial charge on any atom is 0.355 e. The van der Waals surface area contributed by atoms with Gasteiger partial charge in [-0.1, -0.05) is 78.9 Å². The van der Waals surface area contributed by atoms with Crippen LogP contribution in [-0.2, 0) is 19.1 Å². The summed E-state index contributed by atoms with van der Waals surface area (Å²) >= 11 is 0. The summed E-state index contributed by atoms with van der Waals surface area (Å²) in [7, 11) is 0. The molecule has 31 heavy (non-hydrogen) atoms. The van der Waals surface area contributed by atoms with Gasteiger partial charge in [-0.25, -0.2) is 4.79 Å². The largest absolute Gasteiger partial charge is 0.451 e. The first-order chi connectivity index (χ1) is 15.0. The van der Waals surface area contributed by atoms with E-state index in [0.717, 1.165) is 11.1 Å². The van der Waals surface area contributed by atoms with Gasteiger partial charge in [0.15, 0.2) is 6.61 Å². The summed E-state index contributed by atoms with van der Waals surface area (Å²) in [5, 5.41) is 5.22. The van der Waals surface area contributed by atoms with E-state index in [-0.39, 0.29) is 5.70 Å². The lowest BCUT2D eigenvalue weighted by Gasteiger charge is -2.12. The molecule has 2 N–H and O–H groups in total. The molecule has 0 saturated heterocycles. The third-order valence-electron chi connectivity index (χ3n) is 4.26. The van der Waals surface area contributed by atoms with Crippen molar-refractivity contribution >= 4 is 29.5 Å². The van der Waals surface area contributed by atoms with E-state index in [4.69, 9.17) is 4.74 Å². The highest BCUT2D eigenvalue weighted by molar-refractivity contribution is 6.00. The standard InChI is InChI=1S/C25H22N2O4/c1-18(28)26-23(16-19-10-4-2-5-11-19)25(30)31-17-24(29)27-22-15-9-8-14-21(22)20-12-6-3-7-13-20/h2-16H,17H2,1H3,(H,26,28)(H,27,29). The lowest BCUT2D eigenvalue weighted by atomic mass is 10.0. The van der Waals surface area contributed by atoms with Crippen LogP contribution < -0.4 is 10.6 Å². The number of para-hydroxylation sites is 1. The summed E-state index contributed by atoms with van der Waals surface area (Å²) in [5.74, 6) is -1.70. The number of rotatable bonds is 7. The van der Waals surface area contributed by atoms with Crippen molar-refractivity contribution in [3.8, 4) is 11.1 Å². The summed E-state index contributed by atoms with van der Waals surface area (Å²) in [6, 6.07) is 26.0. The summed E-state index contributed by atoms with van der Waals surface area (Å²) in [4.78, 5) is 36.3. The van der Waals surface area contributed by atoms with Gasteiger partial charge in [0.25, 0.3) is 5.91 Å². The first-order valence-corrected chi connectivity index (χ1v) is 9.68. The molecule has 0 radical (unpaired) electrons. The normalized spacial score (nSPS) is 10.8. The van der Waals surface area contributed by atoms with Gasteiger partial charge in [-0.15, -0.1) is 0 Å². The molecule has 6 heteroatoms. The van der Waals surface area contributed by atoms with E-state index < -0.39 is 24.4 Å². The predicted molar refractivity (Wildman–Crippen MR) is 120 cm³/mol. The number of carbonyl (C=O) groups excluding carboxylic acids is 3. The Labute approximate surface area is 180 Å². The zero-order valence-electron chi connectivity index (χ0n) is 17.0. The van der Waals surface area contributed by atoms with Crippen molar-refractivity contribution in [1.29, 1.82) is 0 Å². The van der Waals surface area contributed by atoms with E-state index in [2.05, 4.69) is 10.6 Å². The van der Waals surface area contributed by atoms with Crippen LogP contribution in [0.25, 0.3) is 17.2 Å². The van der Waals surface area contributed by atoms with Crippen LogP contribution in [0.3, 0.4) is 0 Å². The molecule has 0 unspecified atom stereocenters. The van der Waals surface area contributed by atoms with Crippen molar-refractivity contribution in [3.63, 3.8) is 0 Å². The van der Waals surface area contributed by atoms with Crippen molar-refractivity contribution in [3.05, 3.63) is 96.2 Å². The summed E-state index contributed by atoms with van der Waals surface area (Å²) in [6.45, 7) is 0.799. The van der Waals surface area contributed by atoms with Crippen molar-refractivity contribution in [1.82, 2.24) is 5.32 Å². The molecule has 0 spiro atoms. The first kappa shape index (κ1) is 21.5. The molecular weight excluding hydrogens is 392 g/mol. The van der Waals surface area contributed by atoms with Gasteiger partial charge in [0.2, 0.25) is 5.91 Å². The van der Waals surface area contributed by atoms with E-state index in [1.807, 2.05) is 54.6 Å². The molecule has 0 aromatic heterocycles. The Morgan fingerprint density at radius 1 is 0.839 bits per heavy atom. The van der Waals surface area contributed by atoms with Gasteiger partial charge in [0.1, 0.15) is 5.70 Å². The maximum atomic E-state index is 12.4. The Bertz CT molecular complexity index is 1090. The van der Waals surface area contributed by atoms with Gasteiger partial charge < -0.3 is 15.4 Å². The quantitative estimate of drug-likeness (QED) is 0.452. The lowest BCUT2D eigenvalue weighted by Crippen LogP contribution is -2.29. The van der Waals surface area contributed by atoms with E-state index in [1.165, 1.54) is 13.0 Å². The van der Waals surface area contributed by atoms with Crippen LogP contribution in [0.1, 0.15) is 12.5 Å². The Morgan fingerprint density at radius 2 is 1.45 bits per heavy atom. The molecule has 0 aliphatic carbocycles. The third kappa shape index (κ3) is 6.40. The molecule has 6 nitrogen and oxygen atoms in total. The van der Waals surface area contributed by atoms with Gasteiger partial charge in [-0.3, -0.25) is 9.59 Å². The SMILES string of the molecule is CC(=O)NC(=Cc1ccccc1)C(=O)OCC(=O)Nc1ccccc1-c1ccccc1. The van der Waals surface area contributed by atoms with Crippen LogP contribution in [0, 0.1) is 0 Å². The number of hydrogen-bond donors (Lipinski definition) is 2. The molecule has 0 fully saturated rings. The highest BCUT2D eigenvalue weighted by atomic mass is 16.5. The topological polar surface area (TPSA) is 84.5 Å². The molecule has 0 aliphatic rings. The lowest BCUT2D eigenvalue weighted by molar-refractivity contribution is -0.144. The number of carbonyl (C=O) groups is 3. The monoisotopic (exact) mass is 414 g/mol. The van der Waals surface area contributed by atoms with Crippen LogP contribution in [0.15, 0.2) is 90.6 Å². The minimum Gasteiger partial charge on any atom is -0.451 e. The number of hydrogen-bond acceptors (Lipinski definition) is 4. The van der Waals surface area contributed by atoms with E-state index in [0.29, 0.717) is 11.3 Å². The predicted octanol–water partition coefficient (Wildman–Crippen LogP) is 4.01. The van der Waals surface area contributed by atoms with Crippen molar-refractivity contribution in [2.75, 3.05) is 11.9 Å². The second kappa shape index (κ2) is 10.5. The average molecular weight is 414 g/mol. The van der Waals surface area contributed by atoms with E-state index in [1.54, 1.807) is 30.3 Å². The molecule has 3 rings (SSSR count). The second-order valence-electron chi connectivity index (χ2n) is 6.69. The fraction of sp³-hybridized carbons (Fsp3) is 0.0800. The molecule has 0 bridgehead atoms. The molecule has 0 aliphatic heterocycles. The fourth-order valence-electron chi connectivity index (χ4n) is 2.91. The molecule has 3 aromatic rings. The number of esters is 1. The van der Waals surface area contributed by atoms with Crippen LogP contribution in [-0.4, -0.2) is 24.4 Å². The molecule has 0 heterocycles. The van der Waals surface area contributed by atoms with Crippen molar-refractivity contribution in [2.45, 2.75) is 6.92 Å². The highest BCUT2D eigenvalue weighted by Gasteiger charge is 2.16. The minimum absolute atomic E-state index is 0.0452. The van der Waals surface area contributed by atoms with Gasteiger partial charge in [0.05, 0.1) is 0 Å². The Kier molecular flexibility index (Phi) is 7.32. The van der Waals surface area contributed by atoms with E-state index >= 15 is 0 Å². The van der Waals surface area contributed by atoms with Crippen LogP contribution in [0.4, 0.5) is 5.69 Å². The molecule has 2 amide bonds. The number of benzene rings is 3. The summed E-state index contributed by atoms with van der Waals surface area (Å²) < 4.78 is 5.12. The fourth-order valence-corrected chi connectivity index (χ4v) is 2.91. The number of nitrogens with one attached hydrogen (secondary N) is 2. The molecular formula is C25H22N2O4. The van der Waals surface area contributed by atoms with Crippen LogP contribution >= 0.6 is 0 Å². The van der Waals surface area contributed by atoms with Gasteiger partial charge >= 0.3 is 5.97 Å². The Hall–Kier alpha value is -4.19. The summed E-state index contributed by atoms with van der Waals surface area (Å²) in [6.07, 6.45) is 1.49. The van der Waals surface area contributed by atoms with Crippen molar-refractivity contribution < 1.29 is 19.1 Å². The Balaban J connectivity index is 1.67. The smallest absolute Gasteiger partial charge is 0.355 e. The average Bonchev–Trinajstić information content (AvgIpc) is 2.78. The number of amides is 2. The molecule has 156 valence electrons. The third-order valence-corrected chi connectivity index (χ3v) is 4.26. The van der Waals surface area contributed by atoms with Gasteiger partial charge in [0, 0.05) is 18.2 Å². The van der Waals surface area contributed by atoms with Gasteiger partial charge in [-0.05, 0) is 23.3 Å².